The van der Waals surface area contributed by atoms with E-state index in [9.17, 15) is 4.79 Å². The zero-order valence-corrected chi connectivity index (χ0v) is 8.27. The first-order valence-corrected chi connectivity index (χ1v) is 4.58. The van der Waals surface area contributed by atoms with Gasteiger partial charge < -0.3 is 10.1 Å². The molecule has 1 N–H and O–H groups in total. The number of esters is 1. The number of aromatic nitrogens is 2. The van der Waals surface area contributed by atoms with Gasteiger partial charge in [0.05, 0.1) is 20.1 Å². The van der Waals surface area contributed by atoms with Crippen LogP contribution in [0.3, 0.4) is 0 Å². The van der Waals surface area contributed by atoms with E-state index < -0.39 is 0 Å². The molecule has 0 atom stereocenters. The lowest BCUT2D eigenvalue weighted by molar-refractivity contribution is -0.140. The lowest BCUT2D eigenvalue weighted by Gasteiger charge is -2.03. The molecule has 0 aromatic carbocycles. The second kappa shape index (κ2) is 6.15. The van der Waals surface area contributed by atoms with Crippen LogP contribution < -0.4 is 5.32 Å². The molecule has 5 nitrogen and oxygen atoms in total. The molecule has 0 fully saturated rings. The topological polar surface area (TPSA) is 56.1 Å². The minimum atomic E-state index is -0.184. The Bertz CT molecular complexity index is 259. The van der Waals surface area contributed by atoms with E-state index in [1.54, 1.807) is 6.20 Å². The van der Waals surface area contributed by atoms with Gasteiger partial charge in [0.25, 0.3) is 0 Å². The minimum Gasteiger partial charge on any atom is -0.469 e. The summed E-state index contributed by atoms with van der Waals surface area (Å²) in [5, 5.41) is 7.18. The maximum atomic E-state index is 10.7. The third-order valence-electron chi connectivity index (χ3n) is 1.81. The van der Waals surface area contributed by atoms with E-state index in [4.69, 9.17) is 0 Å². The van der Waals surface area contributed by atoms with E-state index >= 15 is 0 Å². The second-order valence-electron chi connectivity index (χ2n) is 2.85. The largest absolute Gasteiger partial charge is 0.469 e. The summed E-state index contributed by atoms with van der Waals surface area (Å²) < 4.78 is 6.34. The van der Waals surface area contributed by atoms with Crippen LogP contribution in [0.25, 0.3) is 0 Å². The maximum absolute atomic E-state index is 10.7. The average molecular weight is 197 g/mol. The van der Waals surface area contributed by atoms with Gasteiger partial charge in [-0.2, -0.15) is 5.10 Å². The van der Waals surface area contributed by atoms with Crippen molar-refractivity contribution in [2.24, 2.45) is 0 Å². The van der Waals surface area contributed by atoms with Crippen molar-refractivity contribution in [1.29, 1.82) is 0 Å². The summed E-state index contributed by atoms with van der Waals surface area (Å²) in [5.41, 5.74) is 0. The molecule has 0 spiro atoms. The van der Waals surface area contributed by atoms with Gasteiger partial charge in [-0.25, -0.2) is 0 Å². The molecule has 5 heteroatoms. The van der Waals surface area contributed by atoms with Crippen molar-refractivity contribution < 1.29 is 9.53 Å². The highest BCUT2D eigenvalue weighted by atomic mass is 16.5. The Morgan fingerprint density at radius 3 is 3.07 bits per heavy atom. The molecule has 78 valence electrons. The molecular weight excluding hydrogens is 182 g/mol. The number of carbonyl (C=O) groups is 1. The van der Waals surface area contributed by atoms with Crippen molar-refractivity contribution in [3.8, 4) is 0 Å². The molecule has 1 heterocycles. The first kappa shape index (κ1) is 10.7. The number of nitrogens with one attached hydrogen (secondary N) is 1. The summed E-state index contributed by atoms with van der Waals surface area (Å²) in [7, 11) is 1.39. The van der Waals surface area contributed by atoms with Crippen molar-refractivity contribution in [2.45, 2.75) is 13.0 Å². The molecule has 0 aliphatic rings. The molecule has 0 aliphatic carbocycles. The molecule has 0 aliphatic heterocycles. The third kappa shape index (κ3) is 4.04. The fourth-order valence-electron chi connectivity index (χ4n) is 1.04. The van der Waals surface area contributed by atoms with E-state index in [1.807, 2.05) is 16.9 Å². The number of rotatable bonds is 6. The molecule has 0 bridgehead atoms. The van der Waals surface area contributed by atoms with E-state index in [-0.39, 0.29) is 5.97 Å². The van der Waals surface area contributed by atoms with Crippen LogP contribution in [0, 0.1) is 0 Å². The average Bonchev–Trinajstić information content (AvgIpc) is 2.69. The van der Waals surface area contributed by atoms with Crippen molar-refractivity contribution in [1.82, 2.24) is 15.1 Å². The van der Waals surface area contributed by atoms with Crippen LogP contribution >= 0.6 is 0 Å². The van der Waals surface area contributed by atoms with Gasteiger partial charge in [0.1, 0.15) is 0 Å². The van der Waals surface area contributed by atoms with Crippen molar-refractivity contribution in [2.75, 3.05) is 20.2 Å². The smallest absolute Gasteiger partial charge is 0.306 e. The molecule has 0 saturated heterocycles. The van der Waals surface area contributed by atoms with Crippen LogP contribution in [0.15, 0.2) is 18.5 Å². The van der Waals surface area contributed by atoms with Gasteiger partial charge in [-0.3, -0.25) is 9.48 Å². The van der Waals surface area contributed by atoms with Gasteiger partial charge in [0, 0.05) is 25.5 Å². The predicted octanol–water partition coefficient (Wildman–Crippen LogP) is 0.0358. The molecule has 0 saturated carbocycles. The van der Waals surface area contributed by atoms with Gasteiger partial charge in [-0.1, -0.05) is 0 Å². The number of hydrogen-bond donors (Lipinski definition) is 1. The molecule has 1 rings (SSSR count). The minimum absolute atomic E-state index is 0.184. The van der Waals surface area contributed by atoms with E-state index in [0.29, 0.717) is 13.0 Å². The fourth-order valence-corrected chi connectivity index (χ4v) is 1.04. The van der Waals surface area contributed by atoms with Crippen LogP contribution in [0.1, 0.15) is 6.42 Å². The van der Waals surface area contributed by atoms with Crippen molar-refractivity contribution in [3.63, 3.8) is 0 Å². The molecule has 1 aromatic rings. The molecule has 0 radical (unpaired) electrons. The zero-order valence-electron chi connectivity index (χ0n) is 8.27. The van der Waals surface area contributed by atoms with Crippen LogP contribution in [0.4, 0.5) is 0 Å². The van der Waals surface area contributed by atoms with Gasteiger partial charge in [-0.05, 0) is 6.07 Å². The number of ether oxygens (including phenoxy) is 1. The lowest BCUT2D eigenvalue weighted by Crippen LogP contribution is -2.23. The Hall–Kier alpha value is -1.36. The summed E-state index contributed by atoms with van der Waals surface area (Å²) in [6.07, 6.45) is 4.06. The van der Waals surface area contributed by atoms with E-state index in [2.05, 4.69) is 15.2 Å². The van der Waals surface area contributed by atoms with Crippen molar-refractivity contribution >= 4 is 5.97 Å². The van der Waals surface area contributed by atoms with Crippen LogP contribution in [-0.2, 0) is 16.1 Å². The maximum Gasteiger partial charge on any atom is 0.306 e. The number of carbonyl (C=O) groups excluding carboxylic acids is 1. The first-order valence-electron chi connectivity index (χ1n) is 4.58. The monoisotopic (exact) mass is 197 g/mol. The molecule has 1 aromatic heterocycles. The van der Waals surface area contributed by atoms with Crippen LogP contribution in [0.5, 0.6) is 0 Å². The summed E-state index contributed by atoms with van der Waals surface area (Å²) >= 11 is 0. The highest BCUT2D eigenvalue weighted by Gasteiger charge is 1.98. The van der Waals surface area contributed by atoms with E-state index in [1.165, 1.54) is 7.11 Å². The van der Waals surface area contributed by atoms with Gasteiger partial charge in [-0.15, -0.1) is 0 Å². The first-order chi connectivity index (χ1) is 6.83. The molecule has 14 heavy (non-hydrogen) atoms. The second-order valence-corrected chi connectivity index (χ2v) is 2.85. The zero-order chi connectivity index (χ0) is 10.2. The summed E-state index contributed by atoms with van der Waals surface area (Å²) in [6.45, 7) is 2.26. The number of nitrogens with zero attached hydrogens (tertiary/aromatic N) is 2. The lowest BCUT2D eigenvalue weighted by atomic mass is 10.4. The standard InChI is InChI=1S/C9H15N3O2/c1-14-9(13)3-5-10-6-8-12-7-2-4-11-12/h2,4,7,10H,3,5-6,8H2,1H3. The Labute approximate surface area is 83.1 Å². The Morgan fingerprint density at radius 1 is 1.57 bits per heavy atom. The predicted molar refractivity (Wildman–Crippen MR) is 51.7 cm³/mol. The normalized spacial score (nSPS) is 10.1. The number of hydrogen-bond acceptors (Lipinski definition) is 4. The fraction of sp³-hybridized carbons (Fsp3) is 0.556. The molecule has 0 amide bonds. The Balaban J connectivity index is 1.97. The van der Waals surface area contributed by atoms with Crippen molar-refractivity contribution in [3.05, 3.63) is 18.5 Å². The van der Waals surface area contributed by atoms with Crippen LogP contribution in [-0.4, -0.2) is 35.9 Å². The SMILES string of the molecule is COC(=O)CCNCCn1cccn1. The Kier molecular flexibility index (Phi) is 4.71. The Morgan fingerprint density at radius 2 is 2.43 bits per heavy atom. The van der Waals surface area contributed by atoms with Crippen LogP contribution in [0.2, 0.25) is 0 Å². The molecular formula is C9H15N3O2. The summed E-state index contributed by atoms with van der Waals surface area (Å²) in [6, 6.07) is 1.88. The van der Waals surface area contributed by atoms with Gasteiger partial charge in [0.2, 0.25) is 0 Å². The van der Waals surface area contributed by atoms with Gasteiger partial charge in [0.15, 0.2) is 0 Å². The highest BCUT2D eigenvalue weighted by Crippen LogP contribution is 1.84. The van der Waals surface area contributed by atoms with E-state index in [0.717, 1.165) is 13.1 Å². The van der Waals surface area contributed by atoms with Gasteiger partial charge >= 0.3 is 5.97 Å². The highest BCUT2D eigenvalue weighted by molar-refractivity contribution is 5.69. The third-order valence-corrected chi connectivity index (χ3v) is 1.81. The molecule has 0 unspecified atom stereocenters. The number of methoxy groups -OCH3 is 1. The summed E-state index contributed by atoms with van der Waals surface area (Å²) in [5.74, 6) is -0.184. The quantitative estimate of drug-likeness (QED) is 0.516. The summed E-state index contributed by atoms with van der Waals surface area (Å²) in [4.78, 5) is 10.7.